The van der Waals surface area contributed by atoms with Crippen molar-refractivity contribution in [2.45, 2.75) is 64.8 Å². The zero-order valence-corrected chi connectivity index (χ0v) is 18.8. The number of alkyl halides is 1. The van der Waals surface area contributed by atoms with Gasteiger partial charge in [0.25, 0.3) is 0 Å². The Hall–Kier alpha value is -1.90. The van der Waals surface area contributed by atoms with Gasteiger partial charge in [-0.2, -0.15) is 0 Å². The van der Waals surface area contributed by atoms with Gasteiger partial charge in [-0.1, -0.05) is 13.8 Å². The van der Waals surface area contributed by atoms with Gasteiger partial charge in [0, 0.05) is 24.3 Å². The fraction of sp³-hybridized carbons (Fsp3) is 0.708. The molecule has 3 saturated carbocycles. The van der Waals surface area contributed by atoms with Crippen LogP contribution in [0.3, 0.4) is 0 Å². The van der Waals surface area contributed by atoms with Gasteiger partial charge in [-0.15, -0.1) is 0 Å². The molecule has 4 aliphatic rings. The largest absolute Gasteiger partial charge is 0.430 e. The summed E-state index contributed by atoms with van der Waals surface area (Å²) in [6.07, 6.45) is 0.377. The Morgan fingerprint density at radius 2 is 1.91 bits per heavy atom. The number of fused-ring (bicyclic) bond motifs is 5. The van der Waals surface area contributed by atoms with Gasteiger partial charge in [-0.25, -0.2) is 4.39 Å². The number of carbonyl (C=O) groups is 3. The van der Waals surface area contributed by atoms with Crippen molar-refractivity contribution in [3.05, 3.63) is 23.5 Å². The van der Waals surface area contributed by atoms with Crippen molar-refractivity contribution in [1.82, 2.24) is 0 Å². The predicted molar refractivity (Wildman–Crippen MR) is 111 cm³/mol. The highest BCUT2D eigenvalue weighted by atomic mass is 19.1. The van der Waals surface area contributed by atoms with Crippen LogP contribution >= 0.6 is 0 Å². The average molecular weight is 451 g/mol. The van der Waals surface area contributed by atoms with Crippen molar-refractivity contribution < 1.29 is 38.8 Å². The second kappa shape index (κ2) is 7.30. The van der Waals surface area contributed by atoms with E-state index in [1.807, 2.05) is 0 Å². The highest BCUT2D eigenvalue weighted by Gasteiger charge is 2.72. The van der Waals surface area contributed by atoms with Gasteiger partial charge in [0.2, 0.25) is 0 Å². The first-order chi connectivity index (χ1) is 14.8. The molecule has 0 aromatic rings. The van der Waals surface area contributed by atoms with E-state index in [9.17, 15) is 29.7 Å². The van der Waals surface area contributed by atoms with Crippen LogP contribution < -0.4 is 0 Å². The van der Waals surface area contributed by atoms with Crippen molar-refractivity contribution in [1.29, 1.82) is 0 Å². The van der Waals surface area contributed by atoms with Crippen LogP contribution in [0.25, 0.3) is 0 Å². The Kier molecular flexibility index (Phi) is 5.31. The van der Waals surface area contributed by atoms with Gasteiger partial charge in [0.05, 0.1) is 11.5 Å². The minimum Gasteiger partial charge on any atom is -0.430 e. The van der Waals surface area contributed by atoms with E-state index in [1.54, 1.807) is 20.8 Å². The molecule has 176 valence electrons. The minimum atomic E-state index is -1.84. The Bertz CT molecular complexity index is 941. The summed E-state index contributed by atoms with van der Waals surface area (Å²) in [7, 11) is 0. The molecular weight excluding hydrogens is 419 g/mol. The number of carbonyl (C=O) groups excluding carboxylic acids is 3. The number of hydrogen-bond donors (Lipinski definition) is 3. The molecule has 0 aromatic heterocycles. The number of aliphatic hydroxyl groups excluding tert-OH is 2. The quantitative estimate of drug-likeness (QED) is 0.559. The van der Waals surface area contributed by atoms with Gasteiger partial charge in [-0.3, -0.25) is 14.4 Å². The third-order valence-corrected chi connectivity index (χ3v) is 9.02. The molecule has 9 atom stereocenters. The molecule has 0 aliphatic heterocycles. The molecule has 0 amide bonds. The summed E-state index contributed by atoms with van der Waals surface area (Å²) in [4.78, 5) is 36.7. The first kappa shape index (κ1) is 23.3. The molecule has 0 radical (unpaired) electrons. The van der Waals surface area contributed by atoms with Crippen molar-refractivity contribution in [2.24, 2.45) is 34.5 Å². The van der Waals surface area contributed by atoms with E-state index in [2.05, 4.69) is 0 Å². The highest BCUT2D eigenvalue weighted by molar-refractivity contribution is 6.02. The lowest BCUT2D eigenvalue weighted by Crippen LogP contribution is -2.64. The molecular formula is C24H31FO7. The number of hydrogen-bond acceptors (Lipinski definition) is 7. The van der Waals surface area contributed by atoms with Crippen LogP contribution in [0, 0.1) is 34.5 Å². The topological polar surface area (TPSA) is 121 Å². The normalized spacial score (nSPS) is 47.6. The predicted octanol–water partition coefficient (Wildman–Crippen LogP) is 1.64. The van der Waals surface area contributed by atoms with E-state index in [1.165, 1.54) is 19.1 Å². The molecule has 0 unspecified atom stereocenters. The molecule has 3 fully saturated rings. The first-order valence-corrected chi connectivity index (χ1v) is 11.2. The lowest BCUT2D eigenvalue weighted by molar-refractivity contribution is -0.189. The van der Waals surface area contributed by atoms with Gasteiger partial charge in [0.15, 0.2) is 11.6 Å². The summed E-state index contributed by atoms with van der Waals surface area (Å²) in [5.74, 6) is -3.57. The van der Waals surface area contributed by atoms with Crippen molar-refractivity contribution in [3.8, 4) is 0 Å². The zero-order valence-electron chi connectivity index (χ0n) is 18.8. The molecule has 0 saturated heterocycles. The lowest BCUT2D eigenvalue weighted by Gasteiger charge is -2.60. The van der Waals surface area contributed by atoms with E-state index < -0.39 is 70.6 Å². The highest BCUT2D eigenvalue weighted by Crippen LogP contribution is 2.69. The number of allylic oxidation sites excluding steroid dienone is 3. The number of rotatable bonds is 3. The number of aliphatic hydroxyl groups is 3. The second-order valence-electron chi connectivity index (χ2n) is 10.5. The SMILES string of the molecule is CC(=O)OC1=CC(=O)C=C2[C@@H](F)C[C@@H]3[C@H]([C@@H](O)C[C@@]4(C)[C@H]3C[C@H](C)[C@]4(O)C(=O)CO)[C@@]12C. The molecule has 0 aromatic carbocycles. The maximum absolute atomic E-state index is 15.6. The van der Waals surface area contributed by atoms with Gasteiger partial charge in [0.1, 0.15) is 24.1 Å². The Balaban J connectivity index is 1.84. The maximum Gasteiger partial charge on any atom is 0.307 e. The summed E-state index contributed by atoms with van der Waals surface area (Å²) in [5, 5.41) is 32.5. The van der Waals surface area contributed by atoms with E-state index in [4.69, 9.17) is 4.74 Å². The number of ether oxygens (including phenoxy) is 1. The second-order valence-corrected chi connectivity index (χ2v) is 10.5. The molecule has 4 rings (SSSR count). The average Bonchev–Trinajstić information content (AvgIpc) is 2.90. The molecule has 0 heterocycles. The smallest absolute Gasteiger partial charge is 0.307 e. The number of esters is 1. The Labute approximate surface area is 186 Å². The van der Waals surface area contributed by atoms with Crippen LogP contribution in [-0.2, 0) is 19.1 Å². The molecule has 4 aliphatic carbocycles. The fourth-order valence-electron chi connectivity index (χ4n) is 7.74. The van der Waals surface area contributed by atoms with Gasteiger partial charge < -0.3 is 20.1 Å². The summed E-state index contributed by atoms with van der Waals surface area (Å²) in [5.41, 5.74) is -3.91. The maximum atomic E-state index is 15.6. The Morgan fingerprint density at radius 1 is 1.25 bits per heavy atom. The number of ketones is 2. The summed E-state index contributed by atoms with van der Waals surface area (Å²) < 4.78 is 21.0. The standard InChI is InChI=1S/C24H31FO7/c1-11-5-15-14-8-17(25)16-6-13(28)7-20(32-12(2)27)23(16,4)21(14)18(29)9-22(15,3)24(11,31)19(30)10-26/h6-7,11,14-15,17-18,21,26,29,31H,5,8-10H2,1-4H3/t11-,14-,15-,17-,18-,21+,22-,23+,24-/m0/s1. The number of Topliss-reactive ketones (excluding diaryl/α,β-unsaturated/α-hetero) is 1. The minimum absolute atomic E-state index is 0.0279. The van der Waals surface area contributed by atoms with Crippen LogP contribution in [0.1, 0.15) is 47.0 Å². The van der Waals surface area contributed by atoms with E-state index in [-0.39, 0.29) is 30.1 Å². The third-order valence-electron chi connectivity index (χ3n) is 9.02. The van der Waals surface area contributed by atoms with Gasteiger partial charge in [-0.05, 0) is 55.6 Å². The van der Waals surface area contributed by atoms with Crippen LogP contribution in [0.4, 0.5) is 4.39 Å². The fourth-order valence-corrected chi connectivity index (χ4v) is 7.74. The van der Waals surface area contributed by atoms with Crippen LogP contribution in [0.15, 0.2) is 23.5 Å². The molecule has 8 heteroatoms. The molecule has 0 bridgehead atoms. The zero-order chi connectivity index (χ0) is 23.8. The summed E-state index contributed by atoms with van der Waals surface area (Å²) in [6, 6.07) is 0. The Morgan fingerprint density at radius 3 is 2.50 bits per heavy atom. The summed E-state index contributed by atoms with van der Waals surface area (Å²) in [6.45, 7) is 5.56. The van der Waals surface area contributed by atoms with Crippen molar-refractivity contribution in [2.75, 3.05) is 6.61 Å². The van der Waals surface area contributed by atoms with Gasteiger partial charge >= 0.3 is 5.97 Å². The summed E-state index contributed by atoms with van der Waals surface area (Å²) >= 11 is 0. The van der Waals surface area contributed by atoms with E-state index in [0.717, 1.165) is 0 Å². The van der Waals surface area contributed by atoms with Crippen molar-refractivity contribution >= 4 is 17.5 Å². The molecule has 7 nitrogen and oxygen atoms in total. The monoisotopic (exact) mass is 450 g/mol. The molecule has 3 N–H and O–H groups in total. The number of halogens is 1. The van der Waals surface area contributed by atoms with E-state index in [0.29, 0.717) is 6.42 Å². The van der Waals surface area contributed by atoms with E-state index >= 15 is 4.39 Å². The molecule has 0 spiro atoms. The van der Waals surface area contributed by atoms with Crippen LogP contribution in [-0.4, -0.2) is 57.3 Å². The lowest BCUT2D eigenvalue weighted by atomic mass is 9.45. The van der Waals surface area contributed by atoms with Crippen LogP contribution in [0.5, 0.6) is 0 Å². The molecule has 32 heavy (non-hydrogen) atoms. The first-order valence-electron chi connectivity index (χ1n) is 11.2. The van der Waals surface area contributed by atoms with Crippen molar-refractivity contribution in [3.63, 3.8) is 0 Å². The third kappa shape index (κ3) is 2.78. The van der Waals surface area contributed by atoms with Crippen LogP contribution in [0.2, 0.25) is 0 Å².